The number of nitrogen functional groups attached to an aromatic ring is 1. The minimum atomic E-state index is -0.658. The lowest BCUT2D eigenvalue weighted by Crippen LogP contribution is -2.41. The summed E-state index contributed by atoms with van der Waals surface area (Å²) >= 11 is 0. The molecule has 0 bridgehead atoms. The number of amides is 1. The standard InChI is InChI=1S/C22H32N4O4/c1-5-7-13-25(21(28)16-9-11-17(12-10-16)30-15(3)4)18-19(23)26(14-8-6-2)22(29)24-20(18)27/h9-12,15H,5-8,13-14,23H2,1-4H3,(H,24,27,29). The Morgan fingerprint density at radius 3 is 2.33 bits per heavy atom. The number of benzene rings is 1. The molecule has 0 unspecified atom stereocenters. The number of nitrogens with two attached hydrogens (primary N) is 1. The maximum absolute atomic E-state index is 13.3. The van der Waals surface area contributed by atoms with Gasteiger partial charge in [-0.3, -0.25) is 19.1 Å². The zero-order valence-electron chi connectivity index (χ0n) is 18.2. The first-order valence-electron chi connectivity index (χ1n) is 10.5. The van der Waals surface area contributed by atoms with E-state index in [-0.39, 0.29) is 23.5 Å². The highest BCUT2D eigenvalue weighted by molar-refractivity contribution is 6.07. The van der Waals surface area contributed by atoms with Gasteiger partial charge >= 0.3 is 5.69 Å². The SMILES string of the molecule is CCCCN(C(=O)c1ccc(OC(C)C)cc1)c1c(N)n(CCCC)c(=O)[nH]c1=O. The largest absolute Gasteiger partial charge is 0.491 e. The van der Waals surface area contributed by atoms with E-state index in [9.17, 15) is 14.4 Å². The molecule has 0 aliphatic rings. The van der Waals surface area contributed by atoms with Crippen molar-refractivity contribution in [3.05, 3.63) is 50.7 Å². The lowest BCUT2D eigenvalue weighted by molar-refractivity contribution is 0.0986. The fraction of sp³-hybridized carbons (Fsp3) is 0.500. The second-order valence-corrected chi connectivity index (χ2v) is 7.50. The quantitative estimate of drug-likeness (QED) is 0.618. The van der Waals surface area contributed by atoms with Gasteiger partial charge in [0, 0.05) is 18.7 Å². The molecule has 0 spiro atoms. The fourth-order valence-corrected chi connectivity index (χ4v) is 3.11. The molecule has 2 rings (SSSR count). The Kier molecular flexibility index (Phi) is 8.26. The molecule has 8 heteroatoms. The van der Waals surface area contributed by atoms with E-state index < -0.39 is 11.2 Å². The van der Waals surface area contributed by atoms with Gasteiger partial charge in [0.05, 0.1) is 6.10 Å². The molecule has 1 aromatic carbocycles. The van der Waals surface area contributed by atoms with Crippen molar-refractivity contribution < 1.29 is 9.53 Å². The number of hydrogen-bond donors (Lipinski definition) is 2. The van der Waals surface area contributed by atoms with E-state index in [1.807, 2.05) is 27.7 Å². The molecule has 2 aromatic rings. The van der Waals surface area contributed by atoms with Gasteiger partial charge < -0.3 is 15.4 Å². The molecule has 164 valence electrons. The van der Waals surface area contributed by atoms with Crippen LogP contribution in [0.3, 0.4) is 0 Å². The molecule has 1 heterocycles. The average molecular weight is 417 g/mol. The van der Waals surface area contributed by atoms with Crippen LogP contribution >= 0.6 is 0 Å². The maximum Gasteiger partial charge on any atom is 0.330 e. The molecule has 0 saturated carbocycles. The maximum atomic E-state index is 13.3. The number of nitrogens with one attached hydrogen (secondary N) is 1. The number of hydrogen-bond acceptors (Lipinski definition) is 5. The lowest BCUT2D eigenvalue weighted by atomic mass is 10.1. The molecule has 0 saturated heterocycles. The number of aromatic amines is 1. The fourth-order valence-electron chi connectivity index (χ4n) is 3.11. The Morgan fingerprint density at radius 2 is 1.77 bits per heavy atom. The molecular weight excluding hydrogens is 384 g/mol. The van der Waals surface area contributed by atoms with E-state index in [0.717, 1.165) is 19.3 Å². The Hall–Kier alpha value is -3.03. The van der Waals surface area contributed by atoms with Crippen LogP contribution in [0.25, 0.3) is 0 Å². The summed E-state index contributed by atoms with van der Waals surface area (Å²) in [5.74, 6) is 0.325. The first-order chi connectivity index (χ1) is 14.3. The Labute approximate surface area is 176 Å². The summed E-state index contributed by atoms with van der Waals surface area (Å²) in [6.45, 7) is 8.54. The zero-order valence-corrected chi connectivity index (χ0v) is 18.2. The molecule has 3 N–H and O–H groups in total. The number of ether oxygens (including phenoxy) is 1. The molecule has 0 aliphatic heterocycles. The third-order valence-corrected chi connectivity index (χ3v) is 4.67. The number of aromatic nitrogens is 2. The van der Waals surface area contributed by atoms with Crippen molar-refractivity contribution in [3.63, 3.8) is 0 Å². The molecule has 0 atom stereocenters. The van der Waals surface area contributed by atoms with E-state index in [4.69, 9.17) is 10.5 Å². The summed E-state index contributed by atoms with van der Waals surface area (Å²) in [6.07, 6.45) is 3.14. The summed E-state index contributed by atoms with van der Waals surface area (Å²) in [4.78, 5) is 41.8. The number of nitrogens with zero attached hydrogens (tertiary/aromatic N) is 2. The summed E-state index contributed by atoms with van der Waals surface area (Å²) in [7, 11) is 0. The highest BCUT2D eigenvalue weighted by Gasteiger charge is 2.25. The second-order valence-electron chi connectivity index (χ2n) is 7.50. The minimum absolute atomic E-state index is 0.0152. The van der Waals surface area contributed by atoms with Crippen LogP contribution in [0.15, 0.2) is 33.9 Å². The number of carbonyl (C=O) groups is 1. The predicted molar refractivity (Wildman–Crippen MR) is 119 cm³/mol. The molecule has 1 aromatic heterocycles. The normalized spacial score (nSPS) is 11.0. The number of unbranched alkanes of at least 4 members (excludes halogenated alkanes) is 2. The van der Waals surface area contributed by atoms with Crippen LogP contribution in [-0.4, -0.2) is 28.1 Å². The summed E-state index contributed by atoms with van der Waals surface area (Å²) in [6, 6.07) is 6.77. The third kappa shape index (κ3) is 5.52. The van der Waals surface area contributed by atoms with Gasteiger partial charge in [0.2, 0.25) is 0 Å². The van der Waals surface area contributed by atoms with Gasteiger partial charge in [0.25, 0.3) is 11.5 Å². The molecule has 1 amide bonds. The third-order valence-electron chi connectivity index (χ3n) is 4.67. The molecule has 0 radical (unpaired) electrons. The van der Waals surface area contributed by atoms with E-state index in [0.29, 0.717) is 30.8 Å². The van der Waals surface area contributed by atoms with Crippen molar-refractivity contribution in [1.29, 1.82) is 0 Å². The summed E-state index contributed by atoms with van der Waals surface area (Å²) < 4.78 is 6.95. The van der Waals surface area contributed by atoms with Gasteiger partial charge in [0.15, 0.2) is 5.69 Å². The zero-order chi connectivity index (χ0) is 22.3. The van der Waals surface area contributed by atoms with Crippen molar-refractivity contribution in [3.8, 4) is 5.75 Å². The molecule has 8 nitrogen and oxygen atoms in total. The van der Waals surface area contributed by atoms with Crippen molar-refractivity contribution in [2.75, 3.05) is 17.2 Å². The van der Waals surface area contributed by atoms with Gasteiger partial charge in [-0.25, -0.2) is 4.79 Å². The lowest BCUT2D eigenvalue weighted by Gasteiger charge is -2.24. The number of H-pyrrole nitrogens is 1. The van der Waals surface area contributed by atoms with Crippen molar-refractivity contribution >= 4 is 17.4 Å². The van der Waals surface area contributed by atoms with Gasteiger partial charge in [-0.1, -0.05) is 26.7 Å². The predicted octanol–water partition coefficient (Wildman–Crippen LogP) is 3.15. The second kappa shape index (κ2) is 10.7. The van der Waals surface area contributed by atoms with E-state index in [1.165, 1.54) is 9.47 Å². The summed E-state index contributed by atoms with van der Waals surface area (Å²) in [5.41, 5.74) is 5.43. The Bertz CT molecular complexity index is 961. The van der Waals surface area contributed by atoms with Crippen molar-refractivity contribution in [2.24, 2.45) is 0 Å². The van der Waals surface area contributed by atoms with Gasteiger partial charge in [0.1, 0.15) is 11.6 Å². The highest BCUT2D eigenvalue weighted by Crippen LogP contribution is 2.22. The van der Waals surface area contributed by atoms with Crippen LogP contribution in [0, 0.1) is 0 Å². The Morgan fingerprint density at radius 1 is 1.13 bits per heavy atom. The van der Waals surface area contributed by atoms with Gasteiger partial charge in [-0.2, -0.15) is 0 Å². The van der Waals surface area contributed by atoms with Crippen molar-refractivity contribution in [1.82, 2.24) is 9.55 Å². The Balaban J connectivity index is 2.48. The van der Waals surface area contributed by atoms with Crippen LogP contribution in [-0.2, 0) is 6.54 Å². The van der Waals surface area contributed by atoms with E-state index >= 15 is 0 Å². The van der Waals surface area contributed by atoms with E-state index in [1.54, 1.807) is 24.3 Å². The molecule has 30 heavy (non-hydrogen) atoms. The first-order valence-corrected chi connectivity index (χ1v) is 10.5. The molecule has 0 fully saturated rings. The van der Waals surface area contributed by atoms with E-state index in [2.05, 4.69) is 4.98 Å². The van der Waals surface area contributed by atoms with Crippen molar-refractivity contribution in [2.45, 2.75) is 66.0 Å². The van der Waals surface area contributed by atoms with Gasteiger partial charge in [-0.15, -0.1) is 0 Å². The highest BCUT2D eigenvalue weighted by atomic mass is 16.5. The molecule has 0 aliphatic carbocycles. The molecular formula is C22H32N4O4. The number of carbonyl (C=O) groups excluding carboxylic acids is 1. The number of rotatable bonds is 10. The average Bonchev–Trinajstić information content (AvgIpc) is 2.69. The van der Waals surface area contributed by atoms with Crippen LogP contribution in [0.2, 0.25) is 0 Å². The van der Waals surface area contributed by atoms with Crippen LogP contribution in [0.5, 0.6) is 5.75 Å². The van der Waals surface area contributed by atoms with Crippen LogP contribution in [0.1, 0.15) is 63.7 Å². The van der Waals surface area contributed by atoms with Crippen LogP contribution in [0.4, 0.5) is 11.5 Å². The topological polar surface area (TPSA) is 110 Å². The monoisotopic (exact) mass is 416 g/mol. The smallest absolute Gasteiger partial charge is 0.330 e. The van der Waals surface area contributed by atoms with Crippen LogP contribution < -0.4 is 26.6 Å². The number of anilines is 2. The summed E-state index contributed by atoms with van der Waals surface area (Å²) in [5, 5.41) is 0. The van der Waals surface area contributed by atoms with Gasteiger partial charge in [-0.05, 0) is 51.0 Å². The first kappa shape index (κ1) is 23.3. The minimum Gasteiger partial charge on any atom is -0.491 e.